The van der Waals surface area contributed by atoms with Crippen LogP contribution in [0.5, 0.6) is 0 Å². The molecule has 0 amide bonds. The van der Waals surface area contributed by atoms with Gasteiger partial charge in [0.25, 0.3) is 0 Å². The van der Waals surface area contributed by atoms with E-state index in [0.717, 1.165) is 12.8 Å². The summed E-state index contributed by atoms with van der Waals surface area (Å²) in [6.07, 6.45) is 1.56. The van der Waals surface area contributed by atoms with E-state index in [1.165, 1.54) is 7.11 Å². The number of ketones is 1. The summed E-state index contributed by atoms with van der Waals surface area (Å²) in [4.78, 5) is 22.2. The van der Waals surface area contributed by atoms with E-state index < -0.39 is 18.0 Å². The number of aliphatic hydroxyl groups is 1. The number of carbonyl (C=O) groups is 2. The lowest BCUT2D eigenvalue weighted by atomic mass is 9.84. The van der Waals surface area contributed by atoms with Crippen molar-refractivity contribution in [1.29, 1.82) is 0 Å². The molecule has 1 saturated carbocycles. The Kier molecular flexibility index (Phi) is 3.42. The van der Waals surface area contributed by atoms with Gasteiger partial charge in [-0.05, 0) is 12.8 Å². The van der Waals surface area contributed by atoms with E-state index in [4.69, 9.17) is 0 Å². The molecule has 4 nitrogen and oxygen atoms in total. The number of ether oxygens (including phenoxy) is 1. The molecule has 0 aliphatic heterocycles. The molecular formula is C9H14O4. The lowest BCUT2D eigenvalue weighted by Gasteiger charge is -2.23. The summed E-state index contributed by atoms with van der Waals surface area (Å²) in [6, 6.07) is 0. The van der Waals surface area contributed by atoms with Crippen LogP contribution < -0.4 is 0 Å². The van der Waals surface area contributed by atoms with E-state index in [1.807, 2.05) is 0 Å². The van der Waals surface area contributed by atoms with Crippen LogP contribution >= 0.6 is 0 Å². The lowest BCUT2D eigenvalue weighted by molar-refractivity contribution is -0.157. The quantitative estimate of drug-likeness (QED) is 0.629. The molecule has 0 aromatic rings. The van der Waals surface area contributed by atoms with Crippen LogP contribution in [0.1, 0.15) is 25.7 Å². The topological polar surface area (TPSA) is 63.6 Å². The summed E-state index contributed by atoms with van der Waals surface area (Å²) >= 11 is 0. The Morgan fingerprint density at radius 2 is 2.31 bits per heavy atom. The third kappa shape index (κ3) is 2.28. The number of methoxy groups -OCH3 is 1. The first-order valence-electron chi connectivity index (χ1n) is 4.45. The predicted octanol–water partition coefficient (Wildman–Crippen LogP) is 0.280. The molecule has 0 unspecified atom stereocenters. The third-order valence-corrected chi connectivity index (χ3v) is 2.43. The van der Waals surface area contributed by atoms with Gasteiger partial charge in [0, 0.05) is 6.42 Å². The molecule has 0 saturated heterocycles. The number of Topliss-reactive ketones (excluding diaryl/α,β-unsaturated/α-hetero) is 1. The maximum absolute atomic E-state index is 11.3. The zero-order chi connectivity index (χ0) is 9.84. The van der Waals surface area contributed by atoms with E-state index in [9.17, 15) is 14.7 Å². The number of rotatable bonds is 2. The second kappa shape index (κ2) is 4.37. The minimum Gasteiger partial charge on any atom is -0.467 e. The molecule has 1 N–H and O–H groups in total. The summed E-state index contributed by atoms with van der Waals surface area (Å²) in [5.74, 6) is -1.27. The smallest absolute Gasteiger partial charge is 0.335 e. The van der Waals surface area contributed by atoms with Crippen molar-refractivity contribution in [2.45, 2.75) is 31.8 Å². The average molecular weight is 186 g/mol. The van der Waals surface area contributed by atoms with Crippen LogP contribution in [-0.4, -0.2) is 30.1 Å². The van der Waals surface area contributed by atoms with Crippen LogP contribution in [0.3, 0.4) is 0 Å². The van der Waals surface area contributed by atoms with Crippen molar-refractivity contribution in [2.75, 3.05) is 7.11 Å². The highest BCUT2D eigenvalue weighted by molar-refractivity contribution is 5.88. The first-order chi connectivity index (χ1) is 6.16. The van der Waals surface area contributed by atoms with Gasteiger partial charge < -0.3 is 9.84 Å². The lowest BCUT2D eigenvalue weighted by Crippen LogP contribution is -2.37. The zero-order valence-electron chi connectivity index (χ0n) is 7.66. The number of aliphatic hydroxyl groups excluding tert-OH is 1. The van der Waals surface area contributed by atoms with Crippen molar-refractivity contribution in [2.24, 2.45) is 5.92 Å². The highest BCUT2D eigenvalue weighted by Gasteiger charge is 2.33. The van der Waals surface area contributed by atoms with Gasteiger partial charge in [-0.3, -0.25) is 4.79 Å². The van der Waals surface area contributed by atoms with Crippen LogP contribution in [0.15, 0.2) is 0 Å². The van der Waals surface area contributed by atoms with Crippen molar-refractivity contribution < 1.29 is 19.4 Å². The summed E-state index contributed by atoms with van der Waals surface area (Å²) in [6.45, 7) is 0. The van der Waals surface area contributed by atoms with Crippen molar-refractivity contribution in [3.05, 3.63) is 0 Å². The molecule has 13 heavy (non-hydrogen) atoms. The molecule has 1 fully saturated rings. The summed E-state index contributed by atoms with van der Waals surface area (Å²) in [7, 11) is 1.21. The normalized spacial score (nSPS) is 25.4. The summed E-state index contributed by atoms with van der Waals surface area (Å²) in [5.41, 5.74) is 0. The van der Waals surface area contributed by atoms with Crippen molar-refractivity contribution in [3.8, 4) is 0 Å². The highest BCUT2D eigenvalue weighted by Crippen LogP contribution is 2.23. The van der Waals surface area contributed by atoms with Gasteiger partial charge >= 0.3 is 5.97 Å². The Morgan fingerprint density at radius 3 is 2.85 bits per heavy atom. The second-order valence-electron chi connectivity index (χ2n) is 3.29. The zero-order valence-corrected chi connectivity index (χ0v) is 7.66. The Balaban J connectivity index is 2.58. The molecule has 1 aliphatic carbocycles. The molecule has 0 radical (unpaired) electrons. The fourth-order valence-corrected chi connectivity index (χ4v) is 1.63. The number of hydrogen-bond acceptors (Lipinski definition) is 4. The van der Waals surface area contributed by atoms with Crippen molar-refractivity contribution in [3.63, 3.8) is 0 Å². The molecule has 1 rings (SSSR count). The maximum Gasteiger partial charge on any atom is 0.335 e. The first kappa shape index (κ1) is 10.2. The van der Waals surface area contributed by atoms with E-state index in [0.29, 0.717) is 12.8 Å². The van der Waals surface area contributed by atoms with Gasteiger partial charge in [0.1, 0.15) is 5.78 Å². The predicted molar refractivity (Wildman–Crippen MR) is 45.0 cm³/mol. The van der Waals surface area contributed by atoms with Crippen LogP contribution in [-0.2, 0) is 14.3 Å². The molecule has 0 aromatic carbocycles. The third-order valence-electron chi connectivity index (χ3n) is 2.43. The van der Waals surface area contributed by atoms with E-state index in [2.05, 4.69) is 4.74 Å². The van der Waals surface area contributed by atoms with Gasteiger partial charge in [0.15, 0.2) is 6.10 Å². The fourth-order valence-electron chi connectivity index (χ4n) is 1.63. The van der Waals surface area contributed by atoms with Crippen LogP contribution in [0, 0.1) is 5.92 Å². The SMILES string of the molecule is COC(=O)[C@H](O)[C@H]1CCCCC1=O. The maximum atomic E-state index is 11.3. The largest absolute Gasteiger partial charge is 0.467 e. The molecule has 74 valence electrons. The van der Waals surface area contributed by atoms with Crippen molar-refractivity contribution in [1.82, 2.24) is 0 Å². The molecule has 0 bridgehead atoms. The fraction of sp³-hybridized carbons (Fsp3) is 0.778. The van der Waals surface area contributed by atoms with Gasteiger partial charge in [0.05, 0.1) is 13.0 Å². The minimum atomic E-state index is -1.27. The minimum absolute atomic E-state index is 0.0239. The first-order valence-corrected chi connectivity index (χ1v) is 4.45. The second-order valence-corrected chi connectivity index (χ2v) is 3.29. The van der Waals surface area contributed by atoms with Gasteiger partial charge in [-0.15, -0.1) is 0 Å². The van der Waals surface area contributed by atoms with E-state index >= 15 is 0 Å². The monoisotopic (exact) mass is 186 g/mol. The Bertz CT molecular complexity index is 212. The van der Waals surface area contributed by atoms with Gasteiger partial charge in [0.2, 0.25) is 0 Å². The molecule has 4 heteroatoms. The van der Waals surface area contributed by atoms with Gasteiger partial charge in [-0.1, -0.05) is 6.42 Å². The Hall–Kier alpha value is -0.900. The Labute approximate surface area is 76.9 Å². The number of esters is 1. The summed E-state index contributed by atoms with van der Waals surface area (Å²) in [5, 5.41) is 9.42. The van der Waals surface area contributed by atoms with Crippen LogP contribution in [0.4, 0.5) is 0 Å². The van der Waals surface area contributed by atoms with E-state index in [-0.39, 0.29) is 5.78 Å². The summed E-state index contributed by atoms with van der Waals surface area (Å²) < 4.78 is 4.37. The molecule has 2 atom stereocenters. The number of carbonyl (C=O) groups excluding carboxylic acids is 2. The molecule has 0 aromatic heterocycles. The van der Waals surface area contributed by atoms with Crippen molar-refractivity contribution >= 4 is 11.8 Å². The van der Waals surface area contributed by atoms with E-state index in [1.54, 1.807) is 0 Å². The molecular weight excluding hydrogens is 172 g/mol. The molecule has 0 heterocycles. The van der Waals surface area contributed by atoms with Crippen LogP contribution in [0.25, 0.3) is 0 Å². The highest BCUT2D eigenvalue weighted by atomic mass is 16.5. The average Bonchev–Trinajstić information content (AvgIpc) is 2.16. The van der Waals surface area contributed by atoms with Crippen LogP contribution in [0.2, 0.25) is 0 Å². The Morgan fingerprint density at radius 1 is 1.62 bits per heavy atom. The van der Waals surface area contributed by atoms with Gasteiger partial charge in [-0.2, -0.15) is 0 Å². The van der Waals surface area contributed by atoms with Gasteiger partial charge in [-0.25, -0.2) is 4.79 Å². The standard InChI is InChI=1S/C9H14O4/c1-13-9(12)8(11)6-4-2-3-5-7(6)10/h6,8,11H,2-5H2,1H3/t6-,8+/m0/s1. The molecule has 1 aliphatic rings. The number of hydrogen-bond donors (Lipinski definition) is 1. The molecule has 0 spiro atoms.